The highest BCUT2D eigenvalue weighted by atomic mass is 16.5. The summed E-state index contributed by atoms with van der Waals surface area (Å²) in [6, 6.07) is 12.9. The molecular weight excluding hydrogens is 284 g/mol. The molecule has 122 valence electrons. The Morgan fingerprint density at radius 1 is 1.00 bits per heavy atom. The first-order valence-electron chi connectivity index (χ1n) is 8.44. The van der Waals surface area contributed by atoms with Crippen LogP contribution in [0.25, 0.3) is 0 Å². The summed E-state index contributed by atoms with van der Waals surface area (Å²) in [4.78, 5) is 2.42. The van der Waals surface area contributed by atoms with Crippen molar-refractivity contribution >= 4 is 11.4 Å². The van der Waals surface area contributed by atoms with Gasteiger partial charge in [-0.05, 0) is 67.5 Å². The lowest BCUT2D eigenvalue weighted by atomic mass is 10.0. The highest BCUT2D eigenvalue weighted by Gasteiger charge is 2.13. The maximum Gasteiger partial charge on any atom is 0.121 e. The van der Waals surface area contributed by atoms with Gasteiger partial charge in [-0.3, -0.25) is 0 Å². The van der Waals surface area contributed by atoms with Gasteiger partial charge in [0, 0.05) is 13.1 Å². The largest absolute Gasteiger partial charge is 0.496 e. The molecule has 1 heterocycles. The van der Waals surface area contributed by atoms with Gasteiger partial charge >= 0.3 is 0 Å². The Hall–Kier alpha value is -2.16. The van der Waals surface area contributed by atoms with Gasteiger partial charge in [-0.15, -0.1) is 0 Å². The van der Waals surface area contributed by atoms with Crippen molar-refractivity contribution in [3.8, 4) is 5.75 Å². The van der Waals surface area contributed by atoms with Crippen molar-refractivity contribution in [1.82, 2.24) is 0 Å². The predicted molar refractivity (Wildman–Crippen MR) is 97.5 cm³/mol. The van der Waals surface area contributed by atoms with E-state index < -0.39 is 0 Å². The number of benzene rings is 2. The Kier molecular flexibility index (Phi) is 4.75. The maximum absolute atomic E-state index is 6.32. The van der Waals surface area contributed by atoms with Crippen molar-refractivity contribution in [2.24, 2.45) is 0 Å². The van der Waals surface area contributed by atoms with Gasteiger partial charge in [0.05, 0.1) is 18.5 Å². The van der Waals surface area contributed by atoms with Gasteiger partial charge in [-0.1, -0.05) is 18.2 Å². The lowest BCUT2D eigenvalue weighted by Gasteiger charge is -2.30. The van der Waals surface area contributed by atoms with Crippen LogP contribution in [0.15, 0.2) is 36.4 Å². The SMILES string of the molecule is COc1ccc(Cc2ccc(N3CCCCC3)c(N)c2)cc1C. The molecule has 2 aromatic rings. The molecule has 0 atom stereocenters. The van der Waals surface area contributed by atoms with Crippen LogP contribution in [0.3, 0.4) is 0 Å². The number of nitrogen functional groups attached to an aromatic ring is 1. The first-order chi connectivity index (χ1) is 11.2. The van der Waals surface area contributed by atoms with E-state index in [1.54, 1.807) is 7.11 Å². The average Bonchev–Trinajstić information content (AvgIpc) is 2.56. The lowest BCUT2D eigenvalue weighted by molar-refractivity contribution is 0.411. The van der Waals surface area contributed by atoms with E-state index in [1.165, 1.54) is 41.6 Å². The zero-order chi connectivity index (χ0) is 16.2. The van der Waals surface area contributed by atoms with E-state index in [0.717, 1.165) is 30.9 Å². The molecule has 0 spiro atoms. The second-order valence-corrected chi connectivity index (χ2v) is 6.42. The minimum absolute atomic E-state index is 0.898. The molecule has 2 N–H and O–H groups in total. The number of aryl methyl sites for hydroxylation is 1. The Balaban J connectivity index is 1.76. The number of anilines is 2. The zero-order valence-electron chi connectivity index (χ0n) is 14.1. The van der Waals surface area contributed by atoms with Crippen LogP contribution in [0.1, 0.15) is 36.0 Å². The van der Waals surface area contributed by atoms with Crippen LogP contribution in [0.5, 0.6) is 5.75 Å². The number of nitrogens with two attached hydrogens (primary N) is 1. The molecule has 1 aliphatic rings. The fourth-order valence-corrected chi connectivity index (χ4v) is 3.42. The van der Waals surface area contributed by atoms with Gasteiger partial charge in [0.25, 0.3) is 0 Å². The van der Waals surface area contributed by atoms with Crippen molar-refractivity contribution in [2.75, 3.05) is 30.8 Å². The summed E-state index contributed by atoms with van der Waals surface area (Å²) >= 11 is 0. The van der Waals surface area contributed by atoms with Gasteiger partial charge in [0.2, 0.25) is 0 Å². The molecule has 1 saturated heterocycles. The number of ether oxygens (including phenoxy) is 1. The number of hydrogen-bond acceptors (Lipinski definition) is 3. The van der Waals surface area contributed by atoms with E-state index in [-0.39, 0.29) is 0 Å². The normalized spacial score (nSPS) is 14.8. The van der Waals surface area contributed by atoms with Crippen molar-refractivity contribution in [2.45, 2.75) is 32.6 Å². The topological polar surface area (TPSA) is 38.5 Å². The van der Waals surface area contributed by atoms with E-state index >= 15 is 0 Å². The molecule has 3 heteroatoms. The summed E-state index contributed by atoms with van der Waals surface area (Å²) in [5.41, 5.74) is 12.1. The molecular formula is C20H26N2O. The van der Waals surface area contributed by atoms with Crippen molar-refractivity contribution in [3.63, 3.8) is 0 Å². The first kappa shape index (κ1) is 15.7. The Labute approximate surface area is 139 Å². The maximum atomic E-state index is 6.32. The molecule has 3 nitrogen and oxygen atoms in total. The standard InChI is InChI=1S/C20H26N2O/c1-15-12-16(7-9-20(15)23-2)13-17-6-8-19(18(21)14-17)22-10-4-3-5-11-22/h6-9,12,14H,3-5,10-11,13,21H2,1-2H3. The number of methoxy groups -OCH3 is 1. The Morgan fingerprint density at radius 3 is 2.35 bits per heavy atom. The van der Waals surface area contributed by atoms with Crippen molar-refractivity contribution in [1.29, 1.82) is 0 Å². The Morgan fingerprint density at radius 2 is 1.70 bits per heavy atom. The summed E-state index contributed by atoms with van der Waals surface area (Å²) in [6.45, 7) is 4.33. The highest BCUT2D eigenvalue weighted by molar-refractivity contribution is 5.68. The van der Waals surface area contributed by atoms with E-state index in [2.05, 4.69) is 42.2 Å². The number of nitrogens with zero attached hydrogens (tertiary/aromatic N) is 1. The van der Waals surface area contributed by atoms with E-state index in [0.29, 0.717) is 0 Å². The van der Waals surface area contributed by atoms with Gasteiger partial charge in [-0.2, -0.15) is 0 Å². The molecule has 0 unspecified atom stereocenters. The van der Waals surface area contributed by atoms with E-state index in [4.69, 9.17) is 10.5 Å². The molecule has 3 rings (SSSR count). The molecule has 1 aliphatic heterocycles. The van der Waals surface area contributed by atoms with E-state index in [9.17, 15) is 0 Å². The van der Waals surface area contributed by atoms with Crippen LogP contribution in [-0.4, -0.2) is 20.2 Å². The van der Waals surface area contributed by atoms with Crippen LogP contribution in [0, 0.1) is 6.92 Å². The minimum Gasteiger partial charge on any atom is -0.496 e. The lowest BCUT2D eigenvalue weighted by Crippen LogP contribution is -2.30. The van der Waals surface area contributed by atoms with Crippen molar-refractivity contribution < 1.29 is 4.74 Å². The first-order valence-corrected chi connectivity index (χ1v) is 8.44. The van der Waals surface area contributed by atoms with Gasteiger partial charge in [0.1, 0.15) is 5.75 Å². The summed E-state index contributed by atoms with van der Waals surface area (Å²) in [7, 11) is 1.71. The fraction of sp³-hybridized carbons (Fsp3) is 0.400. The highest BCUT2D eigenvalue weighted by Crippen LogP contribution is 2.28. The summed E-state index contributed by atoms with van der Waals surface area (Å²) in [5.74, 6) is 0.939. The third-order valence-electron chi connectivity index (χ3n) is 4.66. The summed E-state index contributed by atoms with van der Waals surface area (Å²) in [6.07, 6.45) is 4.78. The summed E-state index contributed by atoms with van der Waals surface area (Å²) in [5, 5.41) is 0. The second kappa shape index (κ2) is 6.95. The third-order valence-corrected chi connectivity index (χ3v) is 4.66. The van der Waals surface area contributed by atoms with Crippen molar-refractivity contribution in [3.05, 3.63) is 53.1 Å². The molecule has 0 radical (unpaired) electrons. The molecule has 0 saturated carbocycles. The van der Waals surface area contributed by atoms with Gasteiger partial charge < -0.3 is 15.4 Å². The van der Waals surface area contributed by atoms with Crippen LogP contribution in [-0.2, 0) is 6.42 Å². The Bertz CT molecular complexity index is 675. The molecule has 0 aliphatic carbocycles. The summed E-state index contributed by atoms with van der Waals surface area (Å²) < 4.78 is 5.33. The fourth-order valence-electron chi connectivity index (χ4n) is 3.42. The van der Waals surface area contributed by atoms with Gasteiger partial charge in [-0.25, -0.2) is 0 Å². The van der Waals surface area contributed by atoms with Crippen LogP contribution in [0.4, 0.5) is 11.4 Å². The van der Waals surface area contributed by atoms with Gasteiger partial charge in [0.15, 0.2) is 0 Å². The number of rotatable bonds is 4. The zero-order valence-corrected chi connectivity index (χ0v) is 14.1. The van der Waals surface area contributed by atoms with E-state index in [1.807, 2.05) is 6.07 Å². The smallest absolute Gasteiger partial charge is 0.121 e. The number of hydrogen-bond donors (Lipinski definition) is 1. The molecule has 0 amide bonds. The second-order valence-electron chi connectivity index (χ2n) is 6.42. The van der Waals surface area contributed by atoms with Crippen LogP contribution in [0.2, 0.25) is 0 Å². The molecule has 0 aromatic heterocycles. The quantitative estimate of drug-likeness (QED) is 0.862. The third kappa shape index (κ3) is 3.61. The predicted octanol–water partition coefficient (Wildman–Crippen LogP) is 4.17. The monoisotopic (exact) mass is 310 g/mol. The molecule has 2 aromatic carbocycles. The number of piperidine rings is 1. The van der Waals surface area contributed by atoms with Crippen LogP contribution < -0.4 is 15.4 Å². The molecule has 1 fully saturated rings. The molecule has 0 bridgehead atoms. The minimum atomic E-state index is 0.898. The average molecular weight is 310 g/mol. The molecule has 23 heavy (non-hydrogen) atoms. The van der Waals surface area contributed by atoms with Crippen LogP contribution >= 0.6 is 0 Å².